The van der Waals surface area contributed by atoms with Crippen molar-refractivity contribution in [2.75, 3.05) is 18.0 Å². The number of nitrogens with zero attached hydrogens (tertiary/aromatic N) is 2. The van der Waals surface area contributed by atoms with E-state index in [1.165, 1.54) is 17.0 Å². The van der Waals surface area contributed by atoms with E-state index in [1.807, 2.05) is 4.90 Å². The van der Waals surface area contributed by atoms with Gasteiger partial charge in [0.15, 0.2) is 0 Å². The molecule has 1 amide bonds. The Morgan fingerprint density at radius 2 is 1.96 bits per heavy atom. The normalized spacial score (nSPS) is 20.5. The van der Waals surface area contributed by atoms with E-state index in [4.69, 9.17) is 11.6 Å². The number of hydrogen-bond donors (Lipinski definition) is 2. The Bertz CT molecular complexity index is 1000. The molecule has 136 valence electrons. The summed E-state index contributed by atoms with van der Waals surface area (Å²) in [7, 11) is 0. The number of H-pyrrole nitrogens is 2. The molecule has 3 heterocycles. The second kappa shape index (κ2) is 6.37. The average Bonchev–Trinajstić information content (AvgIpc) is 2.95. The van der Waals surface area contributed by atoms with Gasteiger partial charge >= 0.3 is 5.69 Å². The molecule has 0 radical (unpaired) electrons. The Morgan fingerprint density at radius 3 is 2.73 bits per heavy atom. The third-order valence-corrected chi connectivity index (χ3v) is 5.19. The second-order valence-corrected chi connectivity index (χ2v) is 6.91. The molecule has 0 aliphatic carbocycles. The van der Waals surface area contributed by atoms with Crippen molar-refractivity contribution < 1.29 is 9.18 Å². The predicted molar refractivity (Wildman–Crippen MR) is 94.0 cm³/mol. The Hall–Kier alpha value is -2.45. The molecule has 1 aromatic carbocycles. The number of hydrogen-bond acceptors (Lipinski definition) is 4. The monoisotopic (exact) mass is 378 g/mol. The van der Waals surface area contributed by atoms with Gasteiger partial charge in [0.1, 0.15) is 5.82 Å². The molecule has 2 aliphatic heterocycles. The lowest BCUT2D eigenvalue weighted by molar-refractivity contribution is -0.122. The van der Waals surface area contributed by atoms with Crippen molar-refractivity contribution in [1.29, 1.82) is 0 Å². The molecule has 2 aliphatic rings. The SMILES string of the molecule is O=C1C(N2CCc3c([nH]c(=O)[nH]c3=O)C2)CCN1c1ccc(Cl)cc1F. The Balaban J connectivity index is 1.57. The van der Waals surface area contributed by atoms with Crippen molar-refractivity contribution >= 4 is 23.2 Å². The molecule has 2 N–H and O–H groups in total. The highest BCUT2D eigenvalue weighted by Crippen LogP contribution is 2.30. The first-order valence-electron chi connectivity index (χ1n) is 8.29. The van der Waals surface area contributed by atoms with Crippen LogP contribution < -0.4 is 16.1 Å². The minimum atomic E-state index is -0.557. The Labute approximate surface area is 152 Å². The summed E-state index contributed by atoms with van der Waals surface area (Å²) in [6, 6.07) is 3.82. The summed E-state index contributed by atoms with van der Waals surface area (Å²) >= 11 is 5.78. The molecule has 1 atom stereocenters. The van der Waals surface area contributed by atoms with E-state index in [1.54, 1.807) is 6.07 Å². The van der Waals surface area contributed by atoms with E-state index in [9.17, 15) is 18.8 Å². The van der Waals surface area contributed by atoms with E-state index in [0.717, 1.165) is 0 Å². The fourth-order valence-electron chi connectivity index (χ4n) is 3.71. The minimum Gasteiger partial charge on any atom is -0.310 e. The summed E-state index contributed by atoms with van der Waals surface area (Å²) in [6.45, 7) is 1.23. The molecule has 1 aromatic heterocycles. The number of carbonyl (C=O) groups excluding carboxylic acids is 1. The van der Waals surface area contributed by atoms with Crippen molar-refractivity contribution in [3.63, 3.8) is 0 Å². The zero-order valence-corrected chi connectivity index (χ0v) is 14.5. The first-order chi connectivity index (χ1) is 12.4. The smallest absolute Gasteiger partial charge is 0.310 e. The highest BCUT2D eigenvalue weighted by atomic mass is 35.5. The van der Waals surface area contributed by atoms with Crippen LogP contribution in [0.25, 0.3) is 0 Å². The van der Waals surface area contributed by atoms with Gasteiger partial charge in [-0.25, -0.2) is 9.18 Å². The first kappa shape index (κ1) is 17.0. The Kier molecular flexibility index (Phi) is 4.16. The summed E-state index contributed by atoms with van der Waals surface area (Å²) in [6.07, 6.45) is 0.990. The molecular weight excluding hydrogens is 363 g/mol. The van der Waals surface area contributed by atoms with Gasteiger partial charge < -0.3 is 9.88 Å². The van der Waals surface area contributed by atoms with Gasteiger partial charge in [0.05, 0.1) is 11.7 Å². The molecule has 0 bridgehead atoms. The maximum absolute atomic E-state index is 14.2. The van der Waals surface area contributed by atoms with Gasteiger partial charge in [-0.05, 0) is 31.0 Å². The average molecular weight is 379 g/mol. The molecule has 0 spiro atoms. The summed E-state index contributed by atoms with van der Waals surface area (Å²) in [5.74, 6) is -0.729. The second-order valence-electron chi connectivity index (χ2n) is 6.48. The van der Waals surface area contributed by atoms with Crippen molar-refractivity contribution in [1.82, 2.24) is 14.9 Å². The molecule has 1 fully saturated rings. The van der Waals surface area contributed by atoms with Gasteiger partial charge in [-0.2, -0.15) is 0 Å². The van der Waals surface area contributed by atoms with Crippen LogP contribution in [0.5, 0.6) is 0 Å². The molecule has 26 heavy (non-hydrogen) atoms. The van der Waals surface area contributed by atoms with Gasteiger partial charge in [-0.1, -0.05) is 11.6 Å². The number of rotatable bonds is 2. The van der Waals surface area contributed by atoms with Gasteiger partial charge in [0.2, 0.25) is 5.91 Å². The lowest BCUT2D eigenvalue weighted by atomic mass is 10.0. The molecular formula is C17H16ClFN4O3. The van der Waals surface area contributed by atoms with Crippen LogP contribution in [-0.2, 0) is 17.8 Å². The molecule has 1 saturated heterocycles. The number of carbonyl (C=O) groups is 1. The van der Waals surface area contributed by atoms with Crippen LogP contribution in [0.15, 0.2) is 27.8 Å². The third kappa shape index (κ3) is 2.85. The summed E-state index contributed by atoms with van der Waals surface area (Å²) in [5.41, 5.74) is 0.356. The Morgan fingerprint density at radius 1 is 1.15 bits per heavy atom. The minimum absolute atomic E-state index is 0.193. The van der Waals surface area contributed by atoms with Crippen molar-refractivity contribution in [2.24, 2.45) is 0 Å². The van der Waals surface area contributed by atoms with E-state index < -0.39 is 17.5 Å². The number of anilines is 1. The fraction of sp³-hybridized carbons (Fsp3) is 0.353. The molecule has 2 aromatic rings. The zero-order valence-electron chi connectivity index (χ0n) is 13.7. The van der Waals surface area contributed by atoms with E-state index in [2.05, 4.69) is 9.97 Å². The van der Waals surface area contributed by atoms with Crippen molar-refractivity contribution in [3.05, 3.63) is 61.1 Å². The van der Waals surface area contributed by atoms with Crippen LogP contribution in [0.4, 0.5) is 10.1 Å². The van der Waals surface area contributed by atoms with Gasteiger partial charge in [0.25, 0.3) is 5.56 Å². The quantitative estimate of drug-likeness (QED) is 0.816. The highest BCUT2D eigenvalue weighted by molar-refractivity contribution is 6.30. The number of aromatic amines is 2. The number of amides is 1. The fourth-order valence-corrected chi connectivity index (χ4v) is 3.86. The predicted octanol–water partition coefficient (Wildman–Crippen LogP) is 1.02. The van der Waals surface area contributed by atoms with E-state index in [0.29, 0.717) is 43.7 Å². The number of halogens is 2. The van der Waals surface area contributed by atoms with E-state index >= 15 is 0 Å². The van der Waals surface area contributed by atoms with E-state index in [-0.39, 0.29) is 22.2 Å². The summed E-state index contributed by atoms with van der Waals surface area (Å²) < 4.78 is 14.2. The van der Waals surface area contributed by atoms with Crippen LogP contribution in [-0.4, -0.2) is 39.9 Å². The molecule has 7 nitrogen and oxygen atoms in total. The summed E-state index contributed by atoms with van der Waals surface area (Å²) in [5, 5.41) is 0.274. The van der Waals surface area contributed by atoms with Crippen LogP contribution in [0, 0.1) is 5.82 Å². The van der Waals surface area contributed by atoms with Gasteiger partial charge in [-0.3, -0.25) is 19.5 Å². The molecule has 9 heteroatoms. The van der Waals surface area contributed by atoms with Crippen molar-refractivity contribution in [3.8, 4) is 0 Å². The van der Waals surface area contributed by atoms with Gasteiger partial charge in [-0.15, -0.1) is 0 Å². The lowest BCUT2D eigenvalue weighted by Gasteiger charge is -2.31. The largest absolute Gasteiger partial charge is 0.325 e. The number of benzene rings is 1. The third-order valence-electron chi connectivity index (χ3n) is 4.96. The van der Waals surface area contributed by atoms with Crippen LogP contribution in [0.3, 0.4) is 0 Å². The first-order valence-corrected chi connectivity index (χ1v) is 8.66. The van der Waals surface area contributed by atoms with Crippen molar-refractivity contribution in [2.45, 2.75) is 25.4 Å². The highest BCUT2D eigenvalue weighted by Gasteiger charge is 2.39. The molecule has 4 rings (SSSR count). The zero-order chi connectivity index (χ0) is 18.4. The molecule has 1 unspecified atom stereocenters. The lowest BCUT2D eigenvalue weighted by Crippen LogP contribution is -2.46. The van der Waals surface area contributed by atoms with Crippen LogP contribution in [0.1, 0.15) is 17.7 Å². The number of nitrogens with one attached hydrogen (secondary N) is 2. The number of fused-ring (bicyclic) bond motifs is 1. The standard InChI is InChI=1S/C17H16ClFN4O3/c18-9-1-2-13(11(19)7-9)23-6-4-14(16(23)25)22-5-3-10-12(8-22)20-17(26)21-15(10)24/h1-2,7,14H,3-6,8H2,(H2,20,21,24,26). The van der Waals surface area contributed by atoms with Crippen LogP contribution in [0.2, 0.25) is 5.02 Å². The number of aromatic nitrogens is 2. The van der Waals surface area contributed by atoms with Crippen LogP contribution >= 0.6 is 11.6 Å². The van der Waals surface area contributed by atoms with Gasteiger partial charge in [0, 0.05) is 35.9 Å². The summed E-state index contributed by atoms with van der Waals surface area (Å²) in [4.78, 5) is 44.4. The topological polar surface area (TPSA) is 89.3 Å². The maximum Gasteiger partial charge on any atom is 0.325 e. The maximum atomic E-state index is 14.2. The molecule has 0 saturated carbocycles.